The molecule has 1 amide bonds. The number of amides is 1. The molecule has 1 aromatic carbocycles. The molecule has 0 fully saturated rings. The molecular formula is C13H8BrN3O3S. The van der Waals surface area contributed by atoms with Crippen LogP contribution in [-0.4, -0.2) is 21.7 Å². The number of Topliss-reactive ketones (excluding diaryl/α,β-unsaturated/α-hetero) is 1. The van der Waals surface area contributed by atoms with Crippen molar-refractivity contribution in [1.29, 1.82) is 0 Å². The van der Waals surface area contributed by atoms with E-state index >= 15 is 0 Å². The Morgan fingerprint density at radius 2 is 1.95 bits per heavy atom. The van der Waals surface area contributed by atoms with Gasteiger partial charge in [-0.05, 0) is 35.0 Å². The van der Waals surface area contributed by atoms with Gasteiger partial charge in [0.15, 0.2) is 5.16 Å². The predicted octanol–water partition coefficient (Wildman–Crippen LogP) is 2.13. The van der Waals surface area contributed by atoms with Gasteiger partial charge in [0, 0.05) is 21.1 Å². The van der Waals surface area contributed by atoms with Gasteiger partial charge >= 0.3 is 0 Å². The quantitative estimate of drug-likeness (QED) is 0.628. The zero-order valence-corrected chi connectivity index (χ0v) is 13.1. The van der Waals surface area contributed by atoms with Crippen LogP contribution in [0.5, 0.6) is 0 Å². The molecule has 6 nitrogen and oxygen atoms in total. The van der Waals surface area contributed by atoms with Crippen molar-refractivity contribution in [3.8, 4) is 0 Å². The molecule has 1 aliphatic rings. The molecule has 21 heavy (non-hydrogen) atoms. The predicted molar refractivity (Wildman–Crippen MR) is 80.8 cm³/mol. The summed E-state index contributed by atoms with van der Waals surface area (Å²) >= 11 is 4.59. The van der Waals surface area contributed by atoms with Crippen molar-refractivity contribution >= 4 is 45.1 Å². The monoisotopic (exact) mass is 365 g/mol. The first-order chi connectivity index (χ1) is 9.94. The Hall–Kier alpha value is -1.93. The molecule has 0 spiro atoms. The summed E-state index contributed by atoms with van der Waals surface area (Å²) in [4.78, 5) is 42.0. The standard InChI is InChI=1S/C13H8BrN3O3S/c1-5-2-10(18)17-13(15-5)21-9-4-8-6(3-7(9)14)11(19)12(20)16-8/h2-4H,1H3,(H,15,17,18)(H,16,19,20). The molecule has 8 heteroatoms. The number of anilines is 1. The van der Waals surface area contributed by atoms with Crippen LogP contribution in [0.3, 0.4) is 0 Å². The number of fused-ring (bicyclic) bond motifs is 1. The zero-order valence-electron chi connectivity index (χ0n) is 10.7. The maximum absolute atomic E-state index is 11.6. The Morgan fingerprint density at radius 3 is 2.67 bits per heavy atom. The van der Waals surface area contributed by atoms with Gasteiger partial charge in [-0.2, -0.15) is 0 Å². The van der Waals surface area contributed by atoms with Crippen LogP contribution in [0.25, 0.3) is 0 Å². The second-order valence-electron chi connectivity index (χ2n) is 4.41. The first-order valence-corrected chi connectivity index (χ1v) is 7.50. The molecule has 0 radical (unpaired) electrons. The molecule has 0 unspecified atom stereocenters. The van der Waals surface area contributed by atoms with Gasteiger partial charge in [0.25, 0.3) is 17.2 Å². The largest absolute Gasteiger partial charge is 0.318 e. The maximum atomic E-state index is 11.6. The number of carbonyl (C=O) groups excluding carboxylic acids is 2. The van der Waals surface area contributed by atoms with Gasteiger partial charge in [-0.15, -0.1) is 0 Å². The van der Waals surface area contributed by atoms with E-state index in [1.165, 1.54) is 17.8 Å². The van der Waals surface area contributed by atoms with E-state index in [0.717, 1.165) is 4.90 Å². The molecule has 0 aliphatic carbocycles. The first-order valence-electron chi connectivity index (χ1n) is 5.89. The Labute approximate surface area is 131 Å². The number of aromatic amines is 1. The third kappa shape index (κ3) is 2.64. The summed E-state index contributed by atoms with van der Waals surface area (Å²) in [5.74, 6) is -1.19. The van der Waals surface area contributed by atoms with Crippen LogP contribution in [0.1, 0.15) is 16.1 Å². The lowest BCUT2D eigenvalue weighted by molar-refractivity contribution is -0.112. The number of ketones is 1. The molecule has 2 heterocycles. The highest BCUT2D eigenvalue weighted by molar-refractivity contribution is 9.10. The lowest BCUT2D eigenvalue weighted by Crippen LogP contribution is -2.12. The number of carbonyl (C=O) groups is 2. The zero-order chi connectivity index (χ0) is 15.1. The number of H-pyrrole nitrogens is 1. The van der Waals surface area contributed by atoms with Crippen LogP contribution in [0, 0.1) is 6.92 Å². The summed E-state index contributed by atoms with van der Waals surface area (Å²) in [6.45, 7) is 1.73. The number of hydrogen-bond acceptors (Lipinski definition) is 5. The summed E-state index contributed by atoms with van der Waals surface area (Å²) in [7, 11) is 0. The van der Waals surface area contributed by atoms with Crippen LogP contribution < -0.4 is 10.9 Å². The lowest BCUT2D eigenvalue weighted by Gasteiger charge is -2.06. The second-order valence-corrected chi connectivity index (χ2v) is 6.29. The minimum absolute atomic E-state index is 0.231. The number of hydrogen-bond donors (Lipinski definition) is 2. The molecule has 106 valence electrons. The molecule has 1 aliphatic heterocycles. The molecule has 2 N–H and O–H groups in total. The Bertz CT molecular complexity index is 847. The van der Waals surface area contributed by atoms with E-state index < -0.39 is 11.7 Å². The molecular weight excluding hydrogens is 358 g/mol. The van der Waals surface area contributed by atoms with Crippen LogP contribution >= 0.6 is 27.7 Å². The average Bonchev–Trinajstić information content (AvgIpc) is 2.65. The van der Waals surface area contributed by atoms with Gasteiger partial charge in [-0.3, -0.25) is 14.4 Å². The van der Waals surface area contributed by atoms with Crippen LogP contribution in [0.2, 0.25) is 0 Å². The summed E-state index contributed by atoms with van der Waals surface area (Å²) in [5.41, 5.74) is 1.18. The molecule has 1 aromatic heterocycles. The molecule has 0 saturated carbocycles. The fourth-order valence-electron chi connectivity index (χ4n) is 1.93. The number of aromatic nitrogens is 2. The average molecular weight is 366 g/mol. The molecule has 3 rings (SSSR count). The highest BCUT2D eigenvalue weighted by Crippen LogP contribution is 2.37. The molecule has 0 bridgehead atoms. The minimum Gasteiger partial charge on any atom is -0.318 e. The maximum Gasteiger partial charge on any atom is 0.296 e. The number of nitrogens with zero attached hydrogens (tertiary/aromatic N) is 1. The van der Waals surface area contributed by atoms with E-state index in [0.29, 0.717) is 26.6 Å². The number of rotatable bonds is 2. The van der Waals surface area contributed by atoms with E-state index in [1.807, 2.05) is 0 Å². The third-order valence-corrected chi connectivity index (χ3v) is 4.69. The van der Waals surface area contributed by atoms with Crippen molar-refractivity contribution < 1.29 is 9.59 Å². The van der Waals surface area contributed by atoms with Gasteiger partial charge in [0.1, 0.15) is 0 Å². The molecule has 0 saturated heterocycles. The van der Waals surface area contributed by atoms with Crippen molar-refractivity contribution in [2.75, 3.05) is 5.32 Å². The van der Waals surface area contributed by atoms with Gasteiger partial charge in [-0.1, -0.05) is 11.8 Å². The van der Waals surface area contributed by atoms with E-state index in [2.05, 4.69) is 31.2 Å². The van der Waals surface area contributed by atoms with E-state index in [9.17, 15) is 14.4 Å². The minimum atomic E-state index is -0.638. The fraction of sp³-hybridized carbons (Fsp3) is 0.0769. The summed E-state index contributed by atoms with van der Waals surface area (Å²) in [5, 5.41) is 2.95. The van der Waals surface area contributed by atoms with Gasteiger partial charge in [-0.25, -0.2) is 4.98 Å². The van der Waals surface area contributed by atoms with Crippen molar-refractivity contribution in [1.82, 2.24) is 9.97 Å². The number of aryl methyl sites for hydroxylation is 1. The van der Waals surface area contributed by atoms with Gasteiger partial charge in [0.2, 0.25) is 0 Å². The van der Waals surface area contributed by atoms with Crippen molar-refractivity contribution in [2.45, 2.75) is 17.0 Å². The van der Waals surface area contributed by atoms with Gasteiger partial charge in [0.05, 0.1) is 11.3 Å². The lowest BCUT2D eigenvalue weighted by atomic mass is 10.1. The second kappa shape index (κ2) is 5.12. The Balaban J connectivity index is 2.01. The van der Waals surface area contributed by atoms with Crippen LogP contribution in [0.4, 0.5) is 5.69 Å². The summed E-state index contributed by atoms with van der Waals surface area (Å²) in [6, 6.07) is 4.67. The Morgan fingerprint density at radius 1 is 1.19 bits per heavy atom. The molecule has 2 aromatic rings. The van der Waals surface area contributed by atoms with E-state index in [4.69, 9.17) is 0 Å². The van der Waals surface area contributed by atoms with Crippen molar-refractivity contribution in [2.24, 2.45) is 0 Å². The fourth-order valence-corrected chi connectivity index (χ4v) is 3.40. The number of halogens is 1. The van der Waals surface area contributed by atoms with Crippen molar-refractivity contribution in [3.63, 3.8) is 0 Å². The van der Waals surface area contributed by atoms with Gasteiger partial charge < -0.3 is 10.3 Å². The normalized spacial score (nSPS) is 13.2. The number of benzene rings is 1. The first kappa shape index (κ1) is 14.0. The van der Waals surface area contributed by atoms with Crippen LogP contribution in [-0.2, 0) is 4.79 Å². The molecule has 0 atom stereocenters. The van der Waals surface area contributed by atoms with Crippen LogP contribution in [0.15, 0.2) is 37.5 Å². The van der Waals surface area contributed by atoms with Crippen molar-refractivity contribution in [3.05, 3.63) is 44.3 Å². The number of nitrogens with one attached hydrogen (secondary N) is 2. The highest BCUT2D eigenvalue weighted by atomic mass is 79.9. The summed E-state index contributed by atoms with van der Waals surface area (Å²) < 4.78 is 0.653. The van der Waals surface area contributed by atoms with E-state index in [1.54, 1.807) is 19.1 Å². The third-order valence-electron chi connectivity index (χ3n) is 2.83. The topological polar surface area (TPSA) is 91.9 Å². The Kier molecular flexibility index (Phi) is 3.42. The smallest absolute Gasteiger partial charge is 0.296 e. The van der Waals surface area contributed by atoms with E-state index in [-0.39, 0.29) is 5.56 Å². The summed E-state index contributed by atoms with van der Waals surface area (Å²) in [6.07, 6.45) is 0. The highest BCUT2D eigenvalue weighted by Gasteiger charge is 2.29. The SMILES string of the molecule is Cc1cc(=O)[nH]c(Sc2cc3c(cc2Br)C(=O)C(=O)N3)n1.